The summed E-state index contributed by atoms with van der Waals surface area (Å²) in [5.41, 5.74) is 3.88. The molecule has 0 heterocycles. The van der Waals surface area contributed by atoms with E-state index >= 15 is 0 Å². The Kier molecular flexibility index (Phi) is 5.84. The number of aromatic hydroxyl groups is 1. The number of halogens is 2. The first kappa shape index (κ1) is 17.1. The van der Waals surface area contributed by atoms with Crippen molar-refractivity contribution in [2.45, 2.75) is 13.0 Å². The number of carbonyl (C=O) groups excluding carboxylic acids is 1. The maximum absolute atomic E-state index is 12.0. The number of hydrogen-bond acceptors (Lipinski definition) is 4. The summed E-state index contributed by atoms with van der Waals surface area (Å²) in [6.45, 7) is 1.70. The molecule has 2 rings (SSSR count). The molecule has 0 aliphatic rings. The zero-order valence-corrected chi connectivity index (χ0v) is 13.8. The van der Waals surface area contributed by atoms with Crippen LogP contribution in [-0.2, 0) is 4.79 Å². The van der Waals surface area contributed by atoms with Gasteiger partial charge in [0.2, 0.25) is 0 Å². The van der Waals surface area contributed by atoms with Crippen molar-refractivity contribution in [3.8, 4) is 5.75 Å². The molecule has 0 fully saturated rings. The van der Waals surface area contributed by atoms with Gasteiger partial charge in [-0.2, -0.15) is 5.10 Å². The lowest BCUT2D eigenvalue weighted by Gasteiger charge is -2.13. The molecule has 0 radical (unpaired) electrons. The molecule has 3 N–H and O–H groups in total. The molecular formula is C16H15Cl2N3O2. The van der Waals surface area contributed by atoms with E-state index in [1.807, 2.05) is 0 Å². The van der Waals surface area contributed by atoms with Crippen LogP contribution in [0.2, 0.25) is 10.0 Å². The third-order valence-electron chi connectivity index (χ3n) is 2.98. The van der Waals surface area contributed by atoms with Crippen molar-refractivity contribution in [3.05, 3.63) is 58.1 Å². The number of carbonyl (C=O) groups is 1. The molecule has 2 aromatic carbocycles. The van der Waals surface area contributed by atoms with Gasteiger partial charge in [-0.25, -0.2) is 5.43 Å². The van der Waals surface area contributed by atoms with Gasteiger partial charge in [-0.05, 0) is 55.0 Å². The van der Waals surface area contributed by atoms with E-state index in [0.29, 0.717) is 15.7 Å². The fraction of sp³-hybridized carbons (Fsp3) is 0.125. The molecule has 0 aliphatic carbocycles. The quantitative estimate of drug-likeness (QED) is 0.568. The molecular weight excluding hydrogens is 337 g/mol. The number of nitrogens with zero attached hydrogens (tertiary/aromatic N) is 1. The Bertz CT molecular complexity index is 718. The third kappa shape index (κ3) is 5.16. The summed E-state index contributed by atoms with van der Waals surface area (Å²) in [7, 11) is 0. The largest absolute Gasteiger partial charge is 0.508 e. The topological polar surface area (TPSA) is 73.7 Å². The molecule has 7 heteroatoms. The Morgan fingerprint density at radius 3 is 2.52 bits per heavy atom. The van der Waals surface area contributed by atoms with E-state index in [0.717, 1.165) is 5.56 Å². The van der Waals surface area contributed by atoms with E-state index in [-0.39, 0.29) is 11.7 Å². The highest BCUT2D eigenvalue weighted by Gasteiger charge is 2.12. The Morgan fingerprint density at radius 1 is 1.17 bits per heavy atom. The first-order chi connectivity index (χ1) is 11.0. The molecule has 0 saturated heterocycles. The lowest BCUT2D eigenvalue weighted by atomic mass is 10.2. The minimum absolute atomic E-state index is 0.172. The normalized spacial score (nSPS) is 12.1. The second-order valence-electron chi connectivity index (χ2n) is 4.82. The highest BCUT2D eigenvalue weighted by molar-refractivity contribution is 6.42. The molecule has 0 aliphatic heterocycles. The van der Waals surface area contributed by atoms with Gasteiger partial charge < -0.3 is 10.4 Å². The smallest absolute Gasteiger partial charge is 0.262 e. The Hall–Kier alpha value is -2.24. The van der Waals surface area contributed by atoms with Crippen LogP contribution < -0.4 is 10.7 Å². The average molecular weight is 352 g/mol. The molecule has 0 saturated carbocycles. The Morgan fingerprint density at radius 2 is 1.87 bits per heavy atom. The Labute approximate surface area is 143 Å². The van der Waals surface area contributed by atoms with Crippen molar-refractivity contribution >= 4 is 41.0 Å². The van der Waals surface area contributed by atoms with Crippen LogP contribution in [0.15, 0.2) is 47.6 Å². The number of hydrazone groups is 1. The second-order valence-corrected chi connectivity index (χ2v) is 5.64. The molecule has 120 valence electrons. The molecule has 23 heavy (non-hydrogen) atoms. The SMILES string of the molecule is CC(Nc1ccc(Cl)c(Cl)c1)C(=O)N/N=C/c1ccc(O)cc1. The maximum atomic E-state index is 12.0. The van der Waals surface area contributed by atoms with Crippen LogP contribution in [0.5, 0.6) is 5.75 Å². The summed E-state index contributed by atoms with van der Waals surface area (Å²) < 4.78 is 0. The summed E-state index contributed by atoms with van der Waals surface area (Å²) in [6.07, 6.45) is 1.49. The maximum Gasteiger partial charge on any atom is 0.262 e. The van der Waals surface area contributed by atoms with Gasteiger partial charge in [0.1, 0.15) is 11.8 Å². The van der Waals surface area contributed by atoms with Crippen molar-refractivity contribution in [2.75, 3.05) is 5.32 Å². The number of hydrogen-bond donors (Lipinski definition) is 3. The first-order valence-electron chi connectivity index (χ1n) is 6.79. The van der Waals surface area contributed by atoms with Crippen LogP contribution >= 0.6 is 23.2 Å². The molecule has 2 aromatic rings. The van der Waals surface area contributed by atoms with Crippen LogP contribution in [0, 0.1) is 0 Å². The van der Waals surface area contributed by atoms with Gasteiger partial charge in [-0.15, -0.1) is 0 Å². The highest BCUT2D eigenvalue weighted by Crippen LogP contribution is 2.25. The number of nitrogens with one attached hydrogen (secondary N) is 2. The van der Waals surface area contributed by atoms with E-state index in [2.05, 4.69) is 15.8 Å². The number of phenols is 1. The summed E-state index contributed by atoms with van der Waals surface area (Å²) >= 11 is 11.8. The predicted molar refractivity (Wildman–Crippen MR) is 93.4 cm³/mol. The molecule has 1 unspecified atom stereocenters. The van der Waals surface area contributed by atoms with E-state index in [9.17, 15) is 9.90 Å². The lowest BCUT2D eigenvalue weighted by molar-refractivity contribution is -0.121. The number of rotatable bonds is 5. The Balaban J connectivity index is 1.89. The van der Waals surface area contributed by atoms with Crippen LogP contribution in [0.3, 0.4) is 0 Å². The summed E-state index contributed by atoms with van der Waals surface area (Å²) in [5, 5.41) is 16.9. The summed E-state index contributed by atoms with van der Waals surface area (Å²) in [5.74, 6) is -0.128. The van der Waals surface area contributed by atoms with Crippen molar-refractivity contribution in [1.29, 1.82) is 0 Å². The van der Waals surface area contributed by atoms with Crippen molar-refractivity contribution in [3.63, 3.8) is 0 Å². The molecule has 1 amide bonds. The van der Waals surface area contributed by atoms with Gasteiger partial charge in [-0.1, -0.05) is 23.2 Å². The lowest BCUT2D eigenvalue weighted by Crippen LogP contribution is -2.34. The highest BCUT2D eigenvalue weighted by atomic mass is 35.5. The van der Waals surface area contributed by atoms with E-state index in [1.54, 1.807) is 37.3 Å². The number of amides is 1. The third-order valence-corrected chi connectivity index (χ3v) is 3.72. The molecule has 0 bridgehead atoms. The van der Waals surface area contributed by atoms with Gasteiger partial charge in [0, 0.05) is 5.69 Å². The van der Waals surface area contributed by atoms with Gasteiger partial charge in [0.25, 0.3) is 5.91 Å². The number of anilines is 1. The van der Waals surface area contributed by atoms with E-state index in [4.69, 9.17) is 23.2 Å². The van der Waals surface area contributed by atoms with Crippen LogP contribution in [0.4, 0.5) is 5.69 Å². The van der Waals surface area contributed by atoms with E-state index < -0.39 is 6.04 Å². The number of benzene rings is 2. The minimum atomic E-state index is -0.510. The van der Waals surface area contributed by atoms with Gasteiger partial charge >= 0.3 is 0 Å². The van der Waals surface area contributed by atoms with Gasteiger partial charge in [-0.3, -0.25) is 4.79 Å². The number of phenolic OH excluding ortho intramolecular Hbond substituents is 1. The molecule has 0 aromatic heterocycles. The van der Waals surface area contributed by atoms with Crippen molar-refractivity contribution < 1.29 is 9.90 Å². The second kappa shape index (κ2) is 7.85. The predicted octanol–water partition coefficient (Wildman–Crippen LogP) is 3.65. The average Bonchev–Trinajstić information content (AvgIpc) is 2.52. The van der Waals surface area contributed by atoms with Crippen molar-refractivity contribution in [1.82, 2.24) is 5.43 Å². The molecule has 5 nitrogen and oxygen atoms in total. The van der Waals surface area contributed by atoms with E-state index in [1.165, 1.54) is 18.3 Å². The van der Waals surface area contributed by atoms with Crippen LogP contribution in [-0.4, -0.2) is 23.3 Å². The summed E-state index contributed by atoms with van der Waals surface area (Å²) in [6, 6.07) is 11.0. The monoisotopic (exact) mass is 351 g/mol. The zero-order chi connectivity index (χ0) is 16.8. The fourth-order valence-electron chi connectivity index (χ4n) is 1.73. The van der Waals surface area contributed by atoms with Crippen LogP contribution in [0.1, 0.15) is 12.5 Å². The fourth-order valence-corrected chi connectivity index (χ4v) is 2.03. The van der Waals surface area contributed by atoms with Crippen molar-refractivity contribution in [2.24, 2.45) is 5.10 Å². The van der Waals surface area contributed by atoms with Gasteiger partial charge in [0.15, 0.2) is 0 Å². The molecule has 0 spiro atoms. The zero-order valence-electron chi connectivity index (χ0n) is 12.3. The van der Waals surface area contributed by atoms with Crippen LogP contribution in [0.25, 0.3) is 0 Å². The summed E-state index contributed by atoms with van der Waals surface area (Å²) in [4.78, 5) is 12.0. The molecule has 1 atom stereocenters. The first-order valence-corrected chi connectivity index (χ1v) is 7.55. The van der Waals surface area contributed by atoms with Gasteiger partial charge in [0.05, 0.1) is 16.3 Å². The standard InChI is InChI=1S/C16H15Cl2N3O2/c1-10(20-12-4-7-14(17)15(18)8-12)16(23)21-19-9-11-2-5-13(22)6-3-11/h2-10,20,22H,1H3,(H,21,23)/b19-9+. The minimum Gasteiger partial charge on any atom is -0.508 e.